The number of aryl methyl sites for hydroxylation is 1. The Bertz CT molecular complexity index is 405. The third-order valence-corrected chi connectivity index (χ3v) is 3.11. The van der Waals surface area contributed by atoms with Crippen LogP contribution in [0.5, 0.6) is 5.75 Å². The highest BCUT2D eigenvalue weighted by Gasteiger charge is 2.16. The SMILES string of the molecule is CNC(=O)CCC(CN)c1cc(C)ccc1OC. The molecule has 0 saturated carbocycles. The van der Waals surface area contributed by atoms with Crippen LogP contribution in [-0.2, 0) is 4.79 Å². The molecule has 0 aliphatic carbocycles. The molecule has 0 heterocycles. The van der Waals surface area contributed by atoms with E-state index < -0.39 is 0 Å². The molecule has 0 fully saturated rings. The molecule has 1 rings (SSSR count). The molecule has 0 spiro atoms. The number of hydrogen-bond donors (Lipinski definition) is 2. The number of carbonyl (C=O) groups is 1. The summed E-state index contributed by atoms with van der Waals surface area (Å²) in [6.45, 7) is 2.55. The van der Waals surface area contributed by atoms with Gasteiger partial charge >= 0.3 is 0 Å². The second-order valence-electron chi connectivity index (χ2n) is 4.39. The molecule has 3 N–H and O–H groups in total. The zero-order chi connectivity index (χ0) is 13.5. The molecule has 0 aliphatic heterocycles. The van der Waals surface area contributed by atoms with Gasteiger partial charge in [-0.05, 0) is 31.5 Å². The molecule has 18 heavy (non-hydrogen) atoms. The highest BCUT2D eigenvalue weighted by molar-refractivity contribution is 5.75. The van der Waals surface area contributed by atoms with Gasteiger partial charge in [-0.25, -0.2) is 0 Å². The lowest BCUT2D eigenvalue weighted by Crippen LogP contribution is -2.20. The van der Waals surface area contributed by atoms with Crippen molar-refractivity contribution in [3.63, 3.8) is 0 Å². The molecule has 1 aromatic carbocycles. The van der Waals surface area contributed by atoms with Crippen LogP contribution in [0, 0.1) is 6.92 Å². The van der Waals surface area contributed by atoms with E-state index in [9.17, 15) is 4.79 Å². The highest BCUT2D eigenvalue weighted by Crippen LogP contribution is 2.30. The van der Waals surface area contributed by atoms with E-state index in [-0.39, 0.29) is 11.8 Å². The summed E-state index contributed by atoms with van der Waals surface area (Å²) in [5, 5.41) is 2.62. The van der Waals surface area contributed by atoms with E-state index in [1.165, 1.54) is 5.56 Å². The van der Waals surface area contributed by atoms with Crippen LogP contribution < -0.4 is 15.8 Å². The van der Waals surface area contributed by atoms with Crippen molar-refractivity contribution in [2.75, 3.05) is 20.7 Å². The Kier molecular flexibility index (Phi) is 5.65. The Morgan fingerprint density at radius 2 is 2.22 bits per heavy atom. The normalized spacial score (nSPS) is 12.0. The Morgan fingerprint density at radius 3 is 2.78 bits per heavy atom. The first-order valence-electron chi connectivity index (χ1n) is 6.17. The minimum Gasteiger partial charge on any atom is -0.496 e. The molecule has 0 saturated heterocycles. The van der Waals surface area contributed by atoms with Gasteiger partial charge in [0.1, 0.15) is 5.75 Å². The molecular formula is C14H22N2O2. The number of amides is 1. The van der Waals surface area contributed by atoms with Gasteiger partial charge in [0.05, 0.1) is 7.11 Å². The van der Waals surface area contributed by atoms with Crippen molar-refractivity contribution >= 4 is 5.91 Å². The zero-order valence-corrected chi connectivity index (χ0v) is 11.3. The van der Waals surface area contributed by atoms with Crippen molar-refractivity contribution in [2.24, 2.45) is 5.73 Å². The fourth-order valence-corrected chi connectivity index (χ4v) is 2.00. The molecule has 4 nitrogen and oxygen atoms in total. The smallest absolute Gasteiger partial charge is 0.219 e. The summed E-state index contributed by atoms with van der Waals surface area (Å²) in [5.74, 6) is 1.03. The number of carbonyl (C=O) groups excluding carboxylic acids is 1. The Labute approximate surface area is 109 Å². The average Bonchev–Trinajstić information content (AvgIpc) is 2.39. The van der Waals surface area contributed by atoms with Crippen molar-refractivity contribution in [3.05, 3.63) is 29.3 Å². The molecule has 1 amide bonds. The van der Waals surface area contributed by atoms with Gasteiger partial charge in [0.15, 0.2) is 0 Å². The molecule has 0 aliphatic rings. The van der Waals surface area contributed by atoms with Crippen molar-refractivity contribution in [1.82, 2.24) is 5.32 Å². The van der Waals surface area contributed by atoms with Gasteiger partial charge in [0.2, 0.25) is 5.91 Å². The van der Waals surface area contributed by atoms with Crippen molar-refractivity contribution in [1.29, 1.82) is 0 Å². The number of hydrogen-bond acceptors (Lipinski definition) is 3. The number of nitrogens with two attached hydrogens (primary N) is 1. The van der Waals surface area contributed by atoms with Crippen LogP contribution in [0.4, 0.5) is 0 Å². The highest BCUT2D eigenvalue weighted by atomic mass is 16.5. The van der Waals surface area contributed by atoms with Crippen LogP contribution in [-0.4, -0.2) is 26.6 Å². The van der Waals surface area contributed by atoms with Crippen LogP contribution in [0.1, 0.15) is 29.9 Å². The van der Waals surface area contributed by atoms with Gasteiger partial charge in [0.25, 0.3) is 0 Å². The predicted octanol–water partition coefficient (Wildman–Crippen LogP) is 1.57. The lowest BCUT2D eigenvalue weighted by molar-refractivity contribution is -0.120. The van der Waals surface area contributed by atoms with Crippen LogP contribution >= 0.6 is 0 Å². The molecule has 0 aromatic heterocycles. The van der Waals surface area contributed by atoms with Gasteiger partial charge in [0, 0.05) is 19.4 Å². The number of benzene rings is 1. The van der Waals surface area contributed by atoms with E-state index >= 15 is 0 Å². The minimum atomic E-state index is 0.0417. The van der Waals surface area contributed by atoms with E-state index in [0.29, 0.717) is 13.0 Å². The van der Waals surface area contributed by atoms with Gasteiger partial charge in [-0.15, -0.1) is 0 Å². The first-order chi connectivity index (χ1) is 8.62. The third-order valence-electron chi connectivity index (χ3n) is 3.11. The van der Waals surface area contributed by atoms with Crippen molar-refractivity contribution < 1.29 is 9.53 Å². The summed E-state index contributed by atoms with van der Waals surface area (Å²) in [6.07, 6.45) is 1.21. The second-order valence-corrected chi connectivity index (χ2v) is 4.39. The predicted molar refractivity (Wildman–Crippen MR) is 72.8 cm³/mol. The lowest BCUT2D eigenvalue weighted by atomic mass is 9.92. The van der Waals surface area contributed by atoms with Gasteiger partial charge in [-0.1, -0.05) is 17.7 Å². The molecule has 1 unspecified atom stereocenters. The topological polar surface area (TPSA) is 64.4 Å². The van der Waals surface area contributed by atoms with Crippen molar-refractivity contribution in [2.45, 2.75) is 25.7 Å². The second kappa shape index (κ2) is 7.01. The molecule has 0 bridgehead atoms. The third kappa shape index (κ3) is 3.74. The van der Waals surface area contributed by atoms with E-state index in [1.54, 1.807) is 14.2 Å². The fourth-order valence-electron chi connectivity index (χ4n) is 2.00. The maximum atomic E-state index is 11.3. The summed E-state index contributed by atoms with van der Waals surface area (Å²) in [6, 6.07) is 6.04. The molecule has 100 valence electrons. The van der Waals surface area contributed by atoms with Crippen LogP contribution in [0.2, 0.25) is 0 Å². The number of methoxy groups -OCH3 is 1. The maximum Gasteiger partial charge on any atom is 0.219 e. The molecule has 1 atom stereocenters. The Balaban J connectivity index is 2.86. The van der Waals surface area contributed by atoms with Crippen LogP contribution in [0.3, 0.4) is 0 Å². The number of nitrogens with one attached hydrogen (secondary N) is 1. The zero-order valence-electron chi connectivity index (χ0n) is 11.3. The number of ether oxygens (including phenoxy) is 1. The maximum absolute atomic E-state index is 11.3. The quantitative estimate of drug-likeness (QED) is 0.805. The largest absolute Gasteiger partial charge is 0.496 e. The van der Waals surface area contributed by atoms with Crippen molar-refractivity contribution in [3.8, 4) is 5.75 Å². The van der Waals surface area contributed by atoms with Gasteiger partial charge < -0.3 is 15.8 Å². The Hall–Kier alpha value is -1.55. The summed E-state index contributed by atoms with van der Waals surface area (Å²) in [7, 11) is 3.30. The summed E-state index contributed by atoms with van der Waals surface area (Å²) in [5.41, 5.74) is 8.08. The first kappa shape index (κ1) is 14.5. The van der Waals surface area contributed by atoms with Gasteiger partial charge in [-0.3, -0.25) is 4.79 Å². The molecule has 1 aromatic rings. The monoisotopic (exact) mass is 250 g/mol. The number of rotatable bonds is 6. The molecular weight excluding hydrogens is 228 g/mol. The van der Waals surface area contributed by atoms with Crippen LogP contribution in [0.15, 0.2) is 18.2 Å². The summed E-state index contributed by atoms with van der Waals surface area (Å²) in [4.78, 5) is 11.3. The fraction of sp³-hybridized carbons (Fsp3) is 0.500. The molecule has 0 radical (unpaired) electrons. The van der Waals surface area contributed by atoms with E-state index in [4.69, 9.17) is 10.5 Å². The summed E-state index contributed by atoms with van der Waals surface area (Å²) >= 11 is 0. The lowest BCUT2D eigenvalue weighted by Gasteiger charge is -2.18. The van der Waals surface area contributed by atoms with E-state index in [0.717, 1.165) is 17.7 Å². The molecule has 4 heteroatoms. The average molecular weight is 250 g/mol. The standard InChI is InChI=1S/C14H22N2O2/c1-10-4-6-13(18-3)12(8-10)11(9-15)5-7-14(17)16-2/h4,6,8,11H,5,7,9,15H2,1-3H3,(H,16,17). The van der Waals surface area contributed by atoms with E-state index in [2.05, 4.69) is 11.4 Å². The Morgan fingerprint density at radius 1 is 1.50 bits per heavy atom. The summed E-state index contributed by atoms with van der Waals surface area (Å²) < 4.78 is 5.36. The minimum absolute atomic E-state index is 0.0417. The van der Waals surface area contributed by atoms with Gasteiger partial charge in [-0.2, -0.15) is 0 Å². The van der Waals surface area contributed by atoms with E-state index in [1.807, 2.05) is 19.1 Å². The van der Waals surface area contributed by atoms with Crippen LogP contribution in [0.25, 0.3) is 0 Å². The first-order valence-corrected chi connectivity index (χ1v) is 6.17.